The number of benzene rings is 2. The summed E-state index contributed by atoms with van der Waals surface area (Å²) in [5.74, 6) is 0.804. The van der Waals surface area contributed by atoms with Crippen LogP contribution in [0.15, 0.2) is 36.4 Å². The summed E-state index contributed by atoms with van der Waals surface area (Å²) in [6, 6.07) is 12.1. The normalized spacial score (nSPS) is 32.6. The van der Waals surface area contributed by atoms with Gasteiger partial charge in [0.1, 0.15) is 0 Å². The summed E-state index contributed by atoms with van der Waals surface area (Å²) in [6.45, 7) is 7.94. The number of phenolic OH excluding ortho intramolecular Hbond substituents is 1. The zero-order valence-electron chi connectivity index (χ0n) is 19.7. The van der Waals surface area contributed by atoms with Crippen LogP contribution in [0.4, 0.5) is 0 Å². The van der Waals surface area contributed by atoms with E-state index in [0.717, 1.165) is 43.5 Å². The molecular weight excluding hydrogens is 414 g/mol. The maximum atomic E-state index is 13.1. The van der Waals surface area contributed by atoms with Gasteiger partial charge < -0.3 is 14.9 Å². The second kappa shape index (κ2) is 7.07. The number of carbonyl (C=O) groups is 1. The number of likely N-dealkylation sites (N-methyl/N-ethyl adjacent to an activating group) is 1. The van der Waals surface area contributed by atoms with Crippen molar-refractivity contribution in [3.05, 3.63) is 58.7 Å². The van der Waals surface area contributed by atoms with Crippen molar-refractivity contribution in [3.63, 3.8) is 0 Å². The van der Waals surface area contributed by atoms with E-state index in [2.05, 4.69) is 17.9 Å². The van der Waals surface area contributed by atoms with Gasteiger partial charge in [0.15, 0.2) is 23.4 Å². The second-order valence-electron chi connectivity index (χ2n) is 10.7. The van der Waals surface area contributed by atoms with E-state index in [4.69, 9.17) is 4.74 Å². The number of aromatic hydroxyl groups is 1. The number of ether oxygens (including phenoxy) is 1. The van der Waals surface area contributed by atoms with Crippen LogP contribution in [0.1, 0.15) is 68.2 Å². The lowest BCUT2D eigenvalue weighted by Crippen LogP contribution is -2.66. The van der Waals surface area contributed by atoms with Gasteiger partial charge in [0, 0.05) is 34.9 Å². The highest BCUT2D eigenvalue weighted by atomic mass is 16.5. The van der Waals surface area contributed by atoms with Gasteiger partial charge in [0.25, 0.3) is 0 Å². The first-order valence-electron chi connectivity index (χ1n) is 12.4. The molecule has 6 atom stereocenters. The van der Waals surface area contributed by atoms with Gasteiger partial charge in [-0.2, -0.15) is 0 Å². The summed E-state index contributed by atoms with van der Waals surface area (Å²) < 4.78 is 6.40. The number of nitrogens with zero attached hydrogens (tertiary/aromatic N) is 1. The Hall–Kier alpha value is -2.37. The number of hydrogen-bond acceptors (Lipinski definition) is 5. The molecule has 5 nitrogen and oxygen atoms in total. The van der Waals surface area contributed by atoms with Crippen LogP contribution < -0.4 is 4.74 Å². The molecule has 4 aliphatic rings. The van der Waals surface area contributed by atoms with E-state index in [0.29, 0.717) is 29.7 Å². The van der Waals surface area contributed by atoms with Crippen molar-refractivity contribution in [1.82, 2.24) is 4.90 Å². The van der Waals surface area contributed by atoms with Crippen LogP contribution in [0, 0.1) is 5.92 Å². The zero-order valence-corrected chi connectivity index (χ0v) is 19.7. The van der Waals surface area contributed by atoms with Gasteiger partial charge in [-0.3, -0.25) is 9.69 Å². The number of hydrogen-bond donors (Lipinski definition) is 2. The van der Waals surface area contributed by atoms with E-state index in [9.17, 15) is 15.0 Å². The molecule has 0 aromatic heterocycles. The monoisotopic (exact) mass is 447 g/mol. The Labute approximate surface area is 195 Å². The number of phenols is 1. The molecule has 2 N–H and O–H groups in total. The van der Waals surface area contributed by atoms with Crippen molar-refractivity contribution in [2.45, 2.75) is 75.5 Å². The third kappa shape index (κ3) is 2.64. The first kappa shape index (κ1) is 21.2. The molecule has 2 aromatic carbocycles. The van der Waals surface area contributed by atoms with Gasteiger partial charge in [-0.15, -0.1) is 0 Å². The summed E-state index contributed by atoms with van der Waals surface area (Å²) >= 11 is 0. The summed E-state index contributed by atoms with van der Waals surface area (Å²) in [5.41, 5.74) is 2.30. The molecule has 6 rings (SSSR count). The van der Waals surface area contributed by atoms with Crippen molar-refractivity contribution < 1.29 is 19.7 Å². The Balaban J connectivity index is 1.52. The highest BCUT2D eigenvalue weighted by Crippen LogP contribution is 2.64. The molecule has 2 aromatic rings. The zero-order chi connectivity index (χ0) is 23.1. The number of carbonyl (C=O) groups excluding carboxylic acids is 1. The molecule has 1 saturated heterocycles. The van der Waals surface area contributed by atoms with Gasteiger partial charge in [-0.1, -0.05) is 50.2 Å². The minimum absolute atomic E-state index is 0.101. The standard InChI is InChI=1S/C28H33NO4/c1-4-29-13-12-28-20-10-11-22(30)26(28)33-25-23(28)17(15-21(20)29)14-19(24(25)31)16(2)27(3,32)18-8-6-5-7-9-18/h5-9,14,16,20-21,26,31-32H,4,10-13,15H2,1-3H3/t16?,20-,21+,26?,27?,28-/m0/s1. The number of piperidine rings is 1. The number of rotatable bonds is 4. The Morgan fingerprint density at radius 1 is 1.30 bits per heavy atom. The number of aliphatic hydroxyl groups is 1. The summed E-state index contributed by atoms with van der Waals surface area (Å²) in [4.78, 5) is 15.7. The maximum Gasteiger partial charge on any atom is 0.174 e. The van der Waals surface area contributed by atoms with Crippen LogP contribution in [0.3, 0.4) is 0 Å². The van der Waals surface area contributed by atoms with E-state index in [-0.39, 0.29) is 22.9 Å². The lowest BCUT2D eigenvalue weighted by molar-refractivity contribution is -0.138. The largest absolute Gasteiger partial charge is 0.504 e. The number of likely N-dealkylation sites (tertiary alicyclic amines) is 1. The predicted molar refractivity (Wildman–Crippen MR) is 126 cm³/mol. The quantitative estimate of drug-likeness (QED) is 0.741. The van der Waals surface area contributed by atoms with Crippen LogP contribution in [0.2, 0.25) is 0 Å². The van der Waals surface area contributed by atoms with Crippen molar-refractivity contribution in [2.24, 2.45) is 5.92 Å². The topological polar surface area (TPSA) is 70.0 Å². The number of Topliss-reactive ketones (excluding diaryl/α,β-unsaturated/α-hetero) is 1. The lowest BCUT2D eigenvalue weighted by atomic mass is 9.51. The van der Waals surface area contributed by atoms with Crippen LogP contribution in [-0.4, -0.2) is 46.1 Å². The molecular formula is C28H33NO4. The third-order valence-corrected chi connectivity index (χ3v) is 9.44. The molecule has 2 bridgehead atoms. The first-order chi connectivity index (χ1) is 15.8. The molecule has 2 heterocycles. The second-order valence-corrected chi connectivity index (χ2v) is 10.7. The minimum Gasteiger partial charge on any atom is -0.504 e. The SMILES string of the molecule is CCN1CC[C@]23c4c5cc(C(C)C(C)(O)c6ccccc6)c(O)c4OC2C(=O)CC[C@H]3[C@H]1C5. The smallest absolute Gasteiger partial charge is 0.174 e. The van der Waals surface area contributed by atoms with E-state index in [1.807, 2.05) is 37.3 Å². The Bertz CT molecular complexity index is 1130. The first-order valence-corrected chi connectivity index (χ1v) is 12.4. The van der Waals surface area contributed by atoms with Crippen molar-refractivity contribution in [3.8, 4) is 11.5 Å². The van der Waals surface area contributed by atoms with Crippen molar-refractivity contribution in [1.29, 1.82) is 0 Å². The van der Waals surface area contributed by atoms with Crippen LogP contribution in [0.25, 0.3) is 0 Å². The fraction of sp³-hybridized carbons (Fsp3) is 0.536. The summed E-state index contributed by atoms with van der Waals surface area (Å²) in [7, 11) is 0. The fourth-order valence-corrected chi connectivity index (χ4v) is 7.56. The summed E-state index contributed by atoms with van der Waals surface area (Å²) in [5, 5.41) is 23.0. The maximum absolute atomic E-state index is 13.1. The van der Waals surface area contributed by atoms with E-state index >= 15 is 0 Å². The average molecular weight is 448 g/mol. The minimum atomic E-state index is -1.16. The lowest BCUT2D eigenvalue weighted by Gasteiger charge is -2.57. The Kier molecular flexibility index (Phi) is 4.54. The molecule has 33 heavy (non-hydrogen) atoms. The fourth-order valence-electron chi connectivity index (χ4n) is 7.56. The molecule has 0 amide bonds. The van der Waals surface area contributed by atoms with Gasteiger partial charge >= 0.3 is 0 Å². The highest BCUT2D eigenvalue weighted by molar-refractivity contribution is 5.89. The van der Waals surface area contributed by atoms with Crippen LogP contribution >= 0.6 is 0 Å². The van der Waals surface area contributed by atoms with Gasteiger partial charge in [0.2, 0.25) is 0 Å². The molecule has 2 aliphatic heterocycles. The van der Waals surface area contributed by atoms with E-state index in [1.54, 1.807) is 6.92 Å². The molecule has 3 unspecified atom stereocenters. The van der Waals surface area contributed by atoms with Gasteiger partial charge in [-0.05, 0) is 56.3 Å². The molecule has 2 fully saturated rings. The molecule has 2 aliphatic carbocycles. The van der Waals surface area contributed by atoms with Crippen molar-refractivity contribution >= 4 is 5.78 Å². The van der Waals surface area contributed by atoms with Crippen LogP contribution in [-0.2, 0) is 22.2 Å². The van der Waals surface area contributed by atoms with Crippen LogP contribution in [0.5, 0.6) is 11.5 Å². The molecule has 1 spiro atoms. The average Bonchev–Trinajstić information content (AvgIpc) is 3.17. The molecule has 5 heteroatoms. The predicted octanol–water partition coefficient (Wildman–Crippen LogP) is 4.03. The van der Waals surface area contributed by atoms with Gasteiger partial charge in [0.05, 0.1) is 5.60 Å². The van der Waals surface area contributed by atoms with E-state index in [1.165, 1.54) is 5.56 Å². The molecule has 0 radical (unpaired) electrons. The highest BCUT2D eigenvalue weighted by Gasteiger charge is 2.66. The number of ketones is 1. The Morgan fingerprint density at radius 3 is 2.79 bits per heavy atom. The molecule has 1 saturated carbocycles. The van der Waals surface area contributed by atoms with E-state index < -0.39 is 11.7 Å². The van der Waals surface area contributed by atoms with Crippen molar-refractivity contribution in [2.75, 3.05) is 13.1 Å². The Morgan fingerprint density at radius 2 is 2.06 bits per heavy atom. The summed E-state index contributed by atoms with van der Waals surface area (Å²) in [6.07, 6.45) is 2.77. The van der Waals surface area contributed by atoms with Gasteiger partial charge in [-0.25, -0.2) is 0 Å². The molecule has 174 valence electrons. The third-order valence-electron chi connectivity index (χ3n) is 9.44.